The van der Waals surface area contributed by atoms with Crippen LogP contribution in [0.1, 0.15) is 50.5 Å². The van der Waals surface area contributed by atoms with E-state index >= 15 is 0 Å². The highest BCUT2D eigenvalue weighted by atomic mass is 16.5. The Kier molecular flexibility index (Phi) is 5.53. The summed E-state index contributed by atoms with van der Waals surface area (Å²) >= 11 is 0. The molecule has 1 aliphatic rings. The molecule has 1 aromatic carbocycles. The van der Waals surface area contributed by atoms with Gasteiger partial charge in [-0.3, -0.25) is 0 Å². The zero-order chi connectivity index (χ0) is 12.6. The number of aryl methyl sites for hydroxylation is 1. The molecule has 0 unspecified atom stereocenters. The molecule has 1 aliphatic carbocycles. The van der Waals surface area contributed by atoms with Gasteiger partial charge in [-0.2, -0.15) is 0 Å². The van der Waals surface area contributed by atoms with Crippen molar-refractivity contribution in [3.05, 3.63) is 29.8 Å². The number of hydrogen-bond acceptors (Lipinski definition) is 2. The number of rotatable bonds is 5. The highest BCUT2D eigenvalue weighted by Gasteiger charge is 2.13. The first-order valence-corrected chi connectivity index (χ1v) is 7.34. The molecule has 2 heteroatoms. The SMILES string of the molecule is NCCCc1ccc(OC2CCCCCC2)cc1. The fourth-order valence-corrected chi connectivity index (χ4v) is 2.59. The van der Waals surface area contributed by atoms with E-state index in [9.17, 15) is 0 Å². The largest absolute Gasteiger partial charge is 0.490 e. The van der Waals surface area contributed by atoms with E-state index in [0.717, 1.165) is 25.1 Å². The summed E-state index contributed by atoms with van der Waals surface area (Å²) in [7, 11) is 0. The Morgan fingerprint density at radius 1 is 1.00 bits per heavy atom. The second-order valence-corrected chi connectivity index (χ2v) is 5.27. The maximum atomic E-state index is 6.07. The highest BCUT2D eigenvalue weighted by Crippen LogP contribution is 2.23. The lowest BCUT2D eigenvalue weighted by Gasteiger charge is -2.17. The molecule has 2 rings (SSSR count). The quantitative estimate of drug-likeness (QED) is 0.806. The first kappa shape index (κ1) is 13.4. The Bertz CT molecular complexity index is 325. The number of ether oxygens (including phenoxy) is 1. The Labute approximate surface area is 111 Å². The van der Waals surface area contributed by atoms with Gasteiger partial charge in [-0.05, 0) is 62.8 Å². The van der Waals surface area contributed by atoms with Crippen LogP contribution in [0.3, 0.4) is 0 Å². The van der Waals surface area contributed by atoms with Crippen LogP contribution >= 0.6 is 0 Å². The highest BCUT2D eigenvalue weighted by molar-refractivity contribution is 5.27. The first-order valence-electron chi connectivity index (χ1n) is 7.34. The van der Waals surface area contributed by atoms with E-state index in [4.69, 9.17) is 10.5 Å². The molecule has 0 radical (unpaired) electrons. The summed E-state index contributed by atoms with van der Waals surface area (Å²) in [6.07, 6.45) is 10.4. The van der Waals surface area contributed by atoms with E-state index in [1.807, 2.05) is 0 Å². The molecule has 0 amide bonds. The molecule has 0 spiro atoms. The fourth-order valence-electron chi connectivity index (χ4n) is 2.59. The lowest BCUT2D eigenvalue weighted by atomic mass is 10.1. The van der Waals surface area contributed by atoms with Crippen molar-refractivity contribution in [2.75, 3.05) is 6.54 Å². The molecule has 0 heterocycles. The number of hydrogen-bond donors (Lipinski definition) is 1. The van der Waals surface area contributed by atoms with Gasteiger partial charge < -0.3 is 10.5 Å². The van der Waals surface area contributed by atoms with Gasteiger partial charge in [0.1, 0.15) is 5.75 Å². The summed E-state index contributed by atoms with van der Waals surface area (Å²) in [6, 6.07) is 8.55. The van der Waals surface area contributed by atoms with E-state index in [2.05, 4.69) is 24.3 Å². The Balaban J connectivity index is 1.84. The zero-order valence-electron chi connectivity index (χ0n) is 11.2. The molecule has 1 aromatic rings. The maximum absolute atomic E-state index is 6.07. The minimum atomic E-state index is 0.433. The van der Waals surface area contributed by atoms with Gasteiger partial charge >= 0.3 is 0 Å². The summed E-state index contributed by atoms with van der Waals surface area (Å²) in [5.74, 6) is 1.03. The van der Waals surface area contributed by atoms with E-state index in [0.29, 0.717) is 6.10 Å². The summed E-state index contributed by atoms with van der Waals surface area (Å²) < 4.78 is 6.07. The maximum Gasteiger partial charge on any atom is 0.119 e. The lowest BCUT2D eigenvalue weighted by molar-refractivity contribution is 0.183. The summed E-state index contributed by atoms with van der Waals surface area (Å²) in [5.41, 5.74) is 6.88. The van der Waals surface area contributed by atoms with Crippen molar-refractivity contribution in [3.63, 3.8) is 0 Å². The van der Waals surface area contributed by atoms with Crippen molar-refractivity contribution in [1.29, 1.82) is 0 Å². The number of nitrogens with two attached hydrogens (primary N) is 1. The standard InChI is InChI=1S/C16H25NO/c17-13-5-6-14-9-11-16(12-10-14)18-15-7-3-1-2-4-8-15/h9-12,15H,1-8,13,17H2. The monoisotopic (exact) mass is 247 g/mol. The minimum Gasteiger partial charge on any atom is -0.490 e. The van der Waals surface area contributed by atoms with Gasteiger partial charge in [0.2, 0.25) is 0 Å². The molecular weight excluding hydrogens is 222 g/mol. The predicted molar refractivity (Wildman–Crippen MR) is 75.9 cm³/mol. The van der Waals surface area contributed by atoms with Gasteiger partial charge in [0.15, 0.2) is 0 Å². The first-order chi connectivity index (χ1) is 8.88. The topological polar surface area (TPSA) is 35.2 Å². The van der Waals surface area contributed by atoms with Crippen molar-refractivity contribution in [1.82, 2.24) is 0 Å². The second-order valence-electron chi connectivity index (χ2n) is 5.27. The van der Waals surface area contributed by atoms with Gasteiger partial charge in [0.25, 0.3) is 0 Å². The van der Waals surface area contributed by atoms with E-state index < -0.39 is 0 Å². The molecule has 0 aromatic heterocycles. The molecule has 18 heavy (non-hydrogen) atoms. The van der Waals surface area contributed by atoms with Crippen LogP contribution in [0.2, 0.25) is 0 Å². The van der Waals surface area contributed by atoms with Crippen LogP contribution in [-0.4, -0.2) is 12.6 Å². The van der Waals surface area contributed by atoms with Crippen LogP contribution in [0.4, 0.5) is 0 Å². The third-order valence-electron chi connectivity index (χ3n) is 3.70. The summed E-state index contributed by atoms with van der Waals surface area (Å²) in [5, 5.41) is 0. The van der Waals surface area contributed by atoms with Crippen LogP contribution in [0.15, 0.2) is 24.3 Å². The van der Waals surface area contributed by atoms with Crippen molar-refractivity contribution < 1.29 is 4.74 Å². The van der Waals surface area contributed by atoms with Gasteiger partial charge in [0.05, 0.1) is 6.10 Å². The lowest BCUT2D eigenvalue weighted by Crippen LogP contribution is -2.14. The van der Waals surface area contributed by atoms with Crippen LogP contribution in [0.5, 0.6) is 5.75 Å². The van der Waals surface area contributed by atoms with Gasteiger partial charge in [0, 0.05) is 0 Å². The molecule has 0 atom stereocenters. The molecule has 1 saturated carbocycles. The summed E-state index contributed by atoms with van der Waals surface area (Å²) in [6.45, 7) is 0.764. The minimum absolute atomic E-state index is 0.433. The van der Waals surface area contributed by atoms with Crippen molar-refractivity contribution in [2.24, 2.45) is 5.73 Å². The average Bonchev–Trinajstić information content (AvgIpc) is 2.67. The molecule has 0 saturated heterocycles. The van der Waals surface area contributed by atoms with Crippen LogP contribution < -0.4 is 10.5 Å². The normalized spacial score (nSPS) is 17.4. The Morgan fingerprint density at radius 2 is 1.67 bits per heavy atom. The van der Waals surface area contributed by atoms with E-state index in [-0.39, 0.29) is 0 Å². The van der Waals surface area contributed by atoms with Crippen molar-refractivity contribution in [2.45, 2.75) is 57.5 Å². The second kappa shape index (κ2) is 7.42. The van der Waals surface area contributed by atoms with Gasteiger partial charge in [-0.25, -0.2) is 0 Å². The Morgan fingerprint density at radius 3 is 2.28 bits per heavy atom. The van der Waals surface area contributed by atoms with Crippen molar-refractivity contribution >= 4 is 0 Å². The van der Waals surface area contributed by atoms with Crippen molar-refractivity contribution in [3.8, 4) is 5.75 Å². The number of benzene rings is 1. The van der Waals surface area contributed by atoms with E-state index in [1.54, 1.807) is 0 Å². The molecular formula is C16H25NO. The summed E-state index contributed by atoms with van der Waals surface area (Å²) in [4.78, 5) is 0. The Hall–Kier alpha value is -1.02. The molecule has 2 N–H and O–H groups in total. The van der Waals surface area contributed by atoms with Gasteiger partial charge in [-0.1, -0.05) is 25.0 Å². The van der Waals surface area contributed by atoms with Crippen LogP contribution in [-0.2, 0) is 6.42 Å². The predicted octanol–water partition coefficient (Wildman–Crippen LogP) is 3.68. The van der Waals surface area contributed by atoms with Crippen LogP contribution in [0.25, 0.3) is 0 Å². The van der Waals surface area contributed by atoms with Crippen LogP contribution in [0, 0.1) is 0 Å². The smallest absolute Gasteiger partial charge is 0.119 e. The molecule has 1 fully saturated rings. The molecule has 2 nitrogen and oxygen atoms in total. The average molecular weight is 247 g/mol. The third-order valence-corrected chi connectivity index (χ3v) is 3.70. The third kappa shape index (κ3) is 4.34. The van der Waals surface area contributed by atoms with Gasteiger partial charge in [-0.15, -0.1) is 0 Å². The van der Waals surface area contributed by atoms with E-state index in [1.165, 1.54) is 44.1 Å². The zero-order valence-corrected chi connectivity index (χ0v) is 11.2. The fraction of sp³-hybridized carbons (Fsp3) is 0.625. The molecule has 100 valence electrons. The molecule has 0 bridgehead atoms. The molecule has 0 aliphatic heterocycles.